The molecule has 0 aliphatic heterocycles. The molecule has 0 fully saturated rings. The Kier molecular flexibility index (Phi) is 9.40. The number of nitrogens with zero attached hydrogens (tertiary/aromatic N) is 3. The number of rotatable bonds is 13. The lowest BCUT2D eigenvalue weighted by molar-refractivity contribution is -0.138. The van der Waals surface area contributed by atoms with Crippen LogP contribution in [-0.2, 0) is 24.5 Å². The molecule has 0 bridgehead atoms. The smallest absolute Gasteiger partial charge is 0.317 e. The second-order valence-corrected chi connectivity index (χ2v) is 10.00. The van der Waals surface area contributed by atoms with Crippen molar-refractivity contribution in [1.82, 2.24) is 14.9 Å². The summed E-state index contributed by atoms with van der Waals surface area (Å²) in [5.74, 6) is 0.562. The third kappa shape index (κ3) is 7.71. The molecule has 2 aromatic heterocycles. The molecule has 7 heteroatoms. The summed E-state index contributed by atoms with van der Waals surface area (Å²) in [7, 11) is 0. The molecule has 0 spiro atoms. The van der Waals surface area contributed by atoms with Gasteiger partial charge in [0.2, 0.25) is 0 Å². The number of ether oxygens (including phenoxy) is 1. The van der Waals surface area contributed by atoms with E-state index in [0.717, 1.165) is 46.1 Å². The van der Waals surface area contributed by atoms with E-state index in [-0.39, 0.29) is 6.54 Å². The van der Waals surface area contributed by atoms with Gasteiger partial charge < -0.3 is 9.84 Å². The van der Waals surface area contributed by atoms with E-state index in [1.807, 2.05) is 52.7 Å². The van der Waals surface area contributed by atoms with Gasteiger partial charge >= 0.3 is 5.97 Å². The number of aromatic nitrogens is 2. The van der Waals surface area contributed by atoms with Crippen LogP contribution in [0.2, 0.25) is 0 Å². The fraction of sp³-hybridized carbons (Fsp3) is 0.300. The van der Waals surface area contributed by atoms with Gasteiger partial charge in [-0.05, 0) is 66.3 Å². The van der Waals surface area contributed by atoms with Gasteiger partial charge in [-0.15, -0.1) is 11.3 Å². The zero-order valence-electron chi connectivity index (χ0n) is 21.3. The van der Waals surface area contributed by atoms with Crippen LogP contribution in [0.1, 0.15) is 54.4 Å². The molecule has 4 rings (SSSR count). The maximum Gasteiger partial charge on any atom is 0.317 e. The Hall–Kier alpha value is -3.55. The van der Waals surface area contributed by atoms with Crippen molar-refractivity contribution >= 4 is 17.3 Å². The van der Waals surface area contributed by atoms with Gasteiger partial charge in [-0.1, -0.05) is 44.2 Å². The zero-order chi connectivity index (χ0) is 26.0. The minimum atomic E-state index is -0.870. The molecule has 6 nitrogen and oxygen atoms in total. The van der Waals surface area contributed by atoms with Crippen molar-refractivity contribution in [2.75, 3.05) is 6.54 Å². The third-order valence-electron chi connectivity index (χ3n) is 6.37. The van der Waals surface area contributed by atoms with E-state index in [9.17, 15) is 9.90 Å². The highest BCUT2D eigenvalue weighted by Gasteiger charge is 2.15. The second kappa shape index (κ2) is 13.1. The molecule has 0 unspecified atom stereocenters. The lowest BCUT2D eigenvalue weighted by atomic mass is 9.93. The highest BCUT2D eigenvalue weighted by Crippen LogP contribution is 2.26. The fourth-order valence-electron chi connectivity index (χ4n) is 4.32. The summed E-state index contributed by atoms with van der Waals surface area (Å²) in [5.41, 5.74) is 5.25. The van der Waals surface area contributed by atoms with Gasteiger partial charge in [-0.3, -0.25) is 14.7 Å². The molecule has 0 aliphatic rings. The van der Waals surface area contributed by atoms with Crippen LogP contribution < -0.4 is 4.74 Å². The van der Waals surface area contributed by atoms with Crippen LogP contribution in [0, 0.1) is 0 Å². The topological polar surface area (TPSA) is 75.5 Å². The molecule has 0 amide bonds. The van der Waals surface area contributed by atoms with E-state index < -0.39 is 5.97 Å². The Bertz CT molecular complexity index is 1250. The van der Waals surface area contributed by atoms with E-state index in [1.54, 1.807) is 6.20 Å². The summed E-state index contributed by atoms with van der Waals surface area (Å²) < 4.78 is 6.00. The molecule has 37 heavy (non-hydrogen) atoms. The Labute approximate surface area is 222 Å². The number of thiazole rings is 1. The zero-order valence-corrected chi connectivity index (χ0v) is 22.2. The Morgan fingerprint density at radius 2 is 1.76 bits per heavy atom. The van der Waals surface area contributed by atoms with E-state index in [4.69, 9.17) is 9.72 Å². The predicted octanol–water partition coefficient (Wildman–Crippen LogP) is 6.77. The second-order valence-electron chi connectivity index (χ2n) is 9.05. The van der Waals surface area contributed by atoms with Crippen LogP contribution in [0.3, 0.4) is 0 Å². The fourth-order valence-corrected chi connectivity index (χ4v) is 5.17. The van der Waals surface area contributed by atoms with Crippen molar-refractivity contribution in [1.29, 1.82) is 0 Å². The molecule has 2 heterocycles. The molecule has 2 aromatic carbocycles. The maximum atomic E-state index is 11.4. The number of carboxylic acids is 1. The summed E-state index contributed by atoms with van der Waals surface area (Å²) in [6.45, 7) is 5.83. The van der Waals surface area contributed by atoms with Crippen molar-refractivity contribution in [2.24, 2.45) is 0 Å². The summed E-state index contributed by atoms with van der Waals surface area (Å²) in [4.78, 5) is 22.3. The standard InChI is InChI=1S/C30H33N3O3S/c1-3-23(4-2)24-10-8-22(9-11-24)20-36-27-14-12-25(13-15-27)28-21-37-29(32-28)18-33(19-30(34)35)17-26-7-5-6-16-31-26/h5-16,21,23H,3-4,17-20H2,1-2H3,(H,34,35). The Morgan fingerprint density at radius 3 is 2.41 bits per heavy atom. The van der Waals surface area contributed by atoms with E-state index in [2.05, 4.69) is 43.1 Å². The lowest BCUT2D eigenvalue weighted by Crippen LogP contribution is -2.29. The third-order valence-corrected chi connectivity index (χ3v) is 7.21. The van der Waals surface area contributed by atoms with Crippen LogP contribution in [0.5, 0.6) is 5.75 Å². The van der Waals surface area contributed by atoms with Gasteiger partial charge in [-0.2, -0.15) is 0 Å². The number of aliphatic carboxylic acids is 1. The summed E-state index contributed by atoms with van der Waals surface area (Å²) in [6, 6.07) is 22.3. The molecule has 0 radical (unpaired) electrons. The molecule has 4 aromatic rings. The normalized spacial score (nSPS) is 11.2. The minimum absolute atomic E-state index is 0.0714. The number of carbonyl (C=O) groups is 1. The number of hydrogen-bond acceptors (Lipinski definition) is 6. The van der Waals surface area contributed by atoms with Crippen LogP contribution in [0.4, 0.5) is 0 Å². The van der Waals surface area contributed by atoms with Gasteiger partial charge in [0.1, 0.15) is 17.4 Å². The highest BCUT2D eigenvalue weighted by atomic mass is 32.1. The van der Waals surface area contributed by atoms with Gasteiger partial charge in [0.05, 0.1) is 24.5 Å². The van der Waals surface area contributed by atoms with Crippen molar-refractivity contribution in [2.45, 2.75) is 52.3 Å². The number of hydrogen-bond donors (Lipinski definition) is 1. The Balaban J connectivity index is 1.34. The molecule has 0 aliphatic carbocycles. The number of carboxylic acid groups (broad SMARTS) is 1. The number of benzene rings is 2. The van der Waals surface area contributed by atoms with Crippen molar-refractivity contribution < 1.29 is 14.6 Å². The van der Waals surface area contributed by atoms with Gasteiger partial charge in [0.15, 0.2) is 0 Å². The minimum Gasteiger partial charge on any atom is -0.489 e. The SMILES string of the molecule is CCC(CC)c1ccc(COc2ccc(-c3csc(CN(CC(=O)O)Cc4ccccn4)n3)cc2)cc1. The Morgan fingerprint density at radius 1 is 1.00 bits per heavy atom. The molecule has 1 N–H and O–H groups in total. The average molecular weight is 516 g/mol. The molecule has 192 valence electrons. The first-order valence-electron chi connectivity index (χ1n) is 12.6. The molecule has 0 saturated heterocycles. The van der Waals surface area contributed by atoms with Crippen molar-refractivity contribution in [3.63, 3.8) is 0 Å². The summed E-state index contributed by atoms with van der Waals surface area (Å²) in [5, 5.41) is 12.2. The van der Waals surface area contributed by atoms with Crippen LogP contribution >= 0.6 is 11.3 Å². The van der Waals surface area contributed by atoms with E-state index >= 15 is 0 Å². The van der Waals surface area contributed by atoms with E-state index in [0.29, 0.717) is 25.6 Å². The average Bonchev–Trinajstić information content (AvgIpc) is 3.38. The van der Waals surface area contributed by atoms with Crippen molar-refractivity contribution in [3.05, 3.63) is 100 Å². The van der Waals surface area contributed by atoms with Crippen LogP contribution in [0.25, 0.3) is 11.3 Å². The van der Waals surface area contributed by atoms with Gasteiger partial charge in [-0.25, -0.2) is 4.98 Å². The summed E-state index contributed by atoms with van der Waals surface area (Å²) in [6.07, 6.45) is 4.03. The van der Waals surface area contributed by atoms with Crippen LogP contribution in [0.15, 0.2) is 78.3 Å². The molecule has 0 saturated carbocycles. The molecular formula is C30H33N3O3S. The molecule has 0 atom stereocenters. The molecular weight excluding hydrogens is 482 g/mol. The first kappa shape index (κ1) is 26.5. The van der Waals surface area contributed by atoms with Crippen molar-refractivity contribution in [3.8, 4) is 17.0 Å². The van der Waals surface area contributed by atoms with Gasteiger partial charge in [0, 0.05) is 23.7 Å². The maximum absolute atomic E-state index is 11.4. The van der Waals surface area contributed by atoms with Gasteiger partial charge in [0.25, 0.3) is 0 Å². The summed E-state index contributed by atoms with van der Waals surface area (Å²) >= 11 is 1.53. The first-order valence-corrected chi connectivity index (χ1v) is 13.5. The quantitative estimate of drug-likeness (QED) is 0.212. The lowest BCUT2D eigenvalue weighted by Gasteiger charge is -2.18. The first-order chi connectivity index (χ1) is 18.0. The largest absolute Gasteiger partial charge is 0.489 e. The van der Waals surface area contributed by atoms with Crippen LogP contribution in [-0.4, -0.2) is 32.5 Å². The number of pyridine rings is 1. The monoisotopic (exact) mass is 515 g/mol. The highest BCUT2D eigenvalue weighted by molar-refractivity contribution is 7.09. The van der Waals surface area contributed by atoms with E-state index in [1.165, 1.54) is 16.9 Å². The predicted molar refractivity (Wildman–Crippen MR) is 148 cm³/mol.